The Labute approximate surface area is 162 Å². The summed E-state index contributed by atoms with van der Waals surface area (Å²) in [6.07, 6.45) is 4.78. The molecule has 1 heterocycles. The van der Waals surface area contributed by atoms with Gasteiger partial charge in [0.1, 0.15) is 6.54 Å². The van der Waals surface area contributed by atoms with E-state index in [1.54, 1.807) is 38.5 Å². The molecular formula is C21H21N3O4. The van der Waals surface area contributed by atoms with Crippen molar-refractivity contribution in [3.05, 3.63) is 66.4 Å². The highest BCUT2D eigenvalue weighted by atomic mass is 16.5. The van der Waals surface area contributed by atoms with Gasteiger partial charge < -0.3 is 14.0 Å². The number of carbonyl (C=O) groups excluding carboxylic acids is 2. The number of methoxy groups -OCH3 is 2. The number of ether oxygens (including phenoxy) is 2. The fraction of sp³-hybridized carbons (Fsp3) is 0.143. The van der Waals surface area contributed by atoms with Crippen LogP contribution in [-0.2, 0) is 16.1 Å². The third-order valence-corrected chi connectivity index (χ3v) is 4.15. The molecule has 7 heteroatoms. The summed E-state index contributed by atoms with van der Waals surface area (Å²) in [7, 11) is 3.10. The van der Waals surface area contributed by atoms with Crippen LogP contribution >= 0.6 is 0 Å². The highest BCUT2D eigenvalue weighted by molar-refractivity contribution is 5.93. The zero-order valence-electron chi connectivity index (χ0n) is 15.6. The van der Waals surface area contributed by atoms with E-state index < -0.39 is 5.91 Å². The van der Waals surface area contributed by atoms with Crippen LogP contribution in [0.3, 0.4) is 0 Å². The van der Waals surface area contributed by atoms with Crippen LogP contribution in [0.15, 0.2) is 60.8 Å². The van der Waals surface area contributed by atoms with Crippen LogP contribution in [0.1, 0.15) is 5.56 Å². The standard InChI is InChI=1S/C21H21N3O4/c1-27-18-9-7-15(13-19(18)28-2)8-10-20(25)22-23-21(26)14-24-12-11-16-5-3-4-6-17(16)24/h3-13H,14H2,1-2H3,(H,22,25)(H,23,26)/b10-8+. The van der Waals surface area contributed by atoms with Gasteiger partial charge in [0.05, 0.1) is 14.2 Å². The van der Waals surface area contributed by atoms with Crippen LogP contribution in [0, 0.1) is 0 Å². The molecule has 0 fully saturated rings. The summed E-state index contributed by atoms with van der Waals surface area (Å²) >= 11 is 0. The number of rotatable bonds is 6. The topological polar surface area (TPSA) is 81.6 Å². The Morgan fingerprint density at radius 3 is 2.57 bits per heavy atom. The second kappa shape index (κ2) is 8.77. The molecule has 2 N–H and O–H groups in total. The molecule has 144 valence electrons. The number of nitrogens with zero attached hydrogens (tertiary/aromatic N) is 1. The average molecular weight is 379 g/mol. The monoisotopic (exact) mass is 379 g/mol. The Balaban J connectivity index is 1.53. The van der Waals surface area contributed by atoms with E-state index >= 15 is 0 Å². The first-order valence-corrected chi connectivity index (χ1v) is 8.63. The highest BCUT2D eigenvalue weighted by Crippen LogP contribution is 2.27. The number of hydrazine groups is 1. The molecule has 1 aromatic heterocycles. The highest BCUT2D eigenvalue weighted by Gasteiger charge is 2.07. The Bertz CT molecular complexity index is 1020. The van der Waals surface area contributed by atoms with Crippen LogP contribution in [0.2, 0.25) is 0 Å². The molecule has 0 aliphatic carbocycles. The molecule has 3 aromatic rings. The van der Waals surface area contributed by atoms with E-state index in [-0.39, 0.29) is 12.5 Å². The summed E-state index contributed by atoms with van der Waals surface area (Å²) < 4.78 is 12.2. The van der Waals surface area contributed by atoms with Gasteiger partial charge in [-0.05, 0) is 41.3 Å². The molecule has 0 aliphatic heterocycles. The predicted octanol–water partition coefficient (Wildman–Crippen LogP) is 2.52. The second-order valence-electron chi connectivity index (χ2n) is 5.99. The van der Waals surface area contributed by atoms with Crippen molar-refractivity contribution in [1.82, 2.24) is 15.4 Å². The summed E-state index contributed by atoms with van der Waals surface area (Å²) in [6, 6.07) is 15.0. The van der Waals surface area contributed by atoms with Gasteiger partial charge in [-0.2, -0.15) is 0 Å². The quantitative estimate of drug-likeness (QED) is 0.509. The number of carbonyl (C=O) groups is 2. The summed E-state index contributed by atoms with van der Waals surface area (Å²) in [6.45, 7) is 0.104. The van der Waals surface area contributed by atoms with Crippen molar-refractivity contribution in [3.8, 4) is 11.5 Å². The lowest BCUT2D eigenvalue weighted by Crippen LogP contribution is -2.42. The molecular weight excluding hydrogens is 358 g/mol. The number of aromatic nitrogens is 1. The lowest BCUT2D eigenvalue weighted by atomic mass is 10.2. The van der Waals surface area contributed by atoms with Crippen LogP contribution < -0.4 is 20.3 Å². The van der Waals surface area contributed by atoms with Gasteiger partial charge in [0.2, 0.25) is 0 Å². The average Bonchev–Trinajstić information content (AvgIpc) is 3.13. The smallest absolute Gasteiger partial charge is 0.262 e. The number of fused-ring (bicyclic) bond motifs is 1. The zero-order chi connectivity index (χ0) is 19.9. The van der Waals surface area contributed by atoms with Gasteiger partial charge in [-0.1, -0.05) is 24.3 Å². The number of hydrogen-bond donors (Lipinski definition) is 2. The minimum Gasteiger partial charge on any atom is -0.493 e. The van der Waals surface area contributed by atoms with Gasteiger partial charge in [0.25, 0.3) is 11.8 Å². The second-order valence-corrected chi connectivity index (χ2v) is 5.99. The molecule has 0 saturated heterocycles. The lowest BCUT2D eigenvalue weighted by Gasteiger charge is -2.08. The van der Waals surface area contributed by atoms with Crippen LogP contribution in [0.25, 0.3) is 17.0 Å². The summed E-state index contributed by atoms with van der Waals surface area (Å²) in [5.41, 5.74) is 6.49. The largest absolute Gasteiger partial charge is 0.493 e. The first-order chi connectivity index (χ1) is 13.6. The van der Waals surface area contributed by atoms with Crippen molar-refractivity contribution in [3.63, 3.8) is 0 Å². The number of hydrogen-bond acceptors (Lipinski definition) is 4. The molecule has 7 nitrogen and oxygen atoms in total. The number of amides is 2. The summed E-state index contributed by atoms with van der Waals surface area (Å²) in [5.74, 6) is 0.404. The van der Waals surface area contributed by atoms with Crippen molar-refractivity contribution in [2.75, 3.05) is 14.2 Å². The van der Waals surface area contributed by atoms with E-state index in [4.69, 9.17) is 9.47 Å². The normalized spacial score (nSPS) is 10.8. The van der Waals surface area contributed by atoms with Gasteiger partial charge in [-0.25, -0.2) is 0 Å². The zero-order valence-corrected chi connectivity index (χ0v) is 15.6. The fourth-order valence-electron chi connectivity index (χ4n) is 2.77. The van der Waals surface area contributed by atoms with Crippen molar-refractivity contribution in [2.45, 2.75) is 6.54 Å². The predicted molar refractivity (Wildman–Crippen MR) is 107 cm³/mol. The van der Waals surface area contributed by atoms with E-state index in [0.29, 0.717) is 11.5 Å². The number of benzene rings is 2. The maximum Gasteiger partial charge on any atom is 0.262 e. The molecule has 2 aromatic carbocycles. The molecule has 0 spiro atoms. The fourth-order valence-corrected chi connectivity index (χ4v) is 2.77. The van der Waals surface area contributed by atoms with E-state index in [1.165, 1.54) is 6.08 Å². The van der Waals surface area contributed by atoms with E-state index in [1.807, 2.05) is 41.1 Å². The maximum absolute atomic E-state index is 12.1. The first-order valence-electron chi connectivity index (χ1n) is 8.63. The third kappa shape index (κ3) is 4.50. The van der Waals surface area contributed by atoms with Gasteiger partial charge in [-0.3, -0.25) is 20.4 Å². The molecule has 0 atom stereocenters. The van der Waals surface area contributed by atoms with Gasteiger partial charge >= 0.3 is 0 Å². The van der Waals surface area contributed by atoms with Crippen LogP contribution in [0.5, 0.6) is 11.5 Å². The molecule has 2 amide bonds. The lowest BCUT2D eigenvalue weighted by molar-refractivity contribution is -0.127. The molecule has 0 radical (unpaired) electrons. The third-order valence-electron chi connectivity index (χ3n) is 4.15. The van der Waals surface area contributed by atoms with E-state index in [9.17, 15) is 9.59 Å². The Hall–Kier alpha value is -3.74. The summed E-state index contributed by atoms with van der Waals surface area (Å²) in [4.78, 5) is 24.0. The van der Waals surface area contributed by atoms with Gasteiger partial charge in [0, 0.05) is 17.8 Å². The van der Waals surface area contributed by atoms with E-state index in [2.05, 4.69) is 10.9 Å². The molecule has 0 unspecified atom stereocenters. The van der Waals surface area contributed by atoms with Crippen LogP contribution in [0.4, 0.5) is 0 Å². The maximum atomic E-state index is 12.1. The van der Waals surface area contributed by atoms with Crippen molar-refractivity contribution >= 4 is 28.8 Å². The van der Waals surface area contributed by atoms with Gasteiger partial charge in [0.15, 0.2) is 11.5 Å². The molecule has 0 bridgehead atoms. The molecule has 3 rings (SSSR count). The number of nitrogens with one attached hydrogen (secondary N) is 2. The van der Waals surface area contributed by atoms with E-state index in [0.717, 1.165) is 16.5 Å². The van der Waals surface area contributed by atoms with Crippen molar-refractivity contribution in [2.24, 2.45) is 0 Å². The van der Waals surface area contributed by atoms with Crippen molar-refractivity contribution in [1.29, 1.82) is 0 Å². The van der Waals surface area contributed by atoms with Crippen molar-refractivity contribution < 1.29 is 19.1 Å². The molecule has 0 saturated carbocycles. The Morgan fingerprint density at radius 1 is 1.00 bits per heavy atom. The first kappa shape index (κ1) is 19.0. The SMILES string of the molecule is COc1ccc(/C=C/C(=O)NNC(=O)Cn2ccc3ccccc32)cc1OC. The molecule has 0 aliphatic rings. The molecule has 28 heavy (non-hydrogen) atoms. The summed E-state index contributed by atoms with van der Waals surface area (Å²) in [5, 5.41) is 1.05. The minimum atomic E-state index is -0.444. The van der Waals surface area contributed by atoms with Gasteiger partial charge in [-0.15, -0.1) is 0 Å². The minimum absolute atomic E-state index is 0.104. The Morgan fingerprint density at radius 2 is 1.79 bits per heavy atom. The van der Waals surface area contributed by atoms with Crippen LogP contribution in [-0.4, -0.2) is 30.6 Å². The number of para-hydroxylation sites is 1. The Kier molecular flexibility index (Phi) is 5.96.